The van der Waals surface area contributed by atoms with Crippen molar-refractivity contribution in [1.82, 2.24) is 5.32 Å². The molecular formula is C13H17ClN2O3. The lowest BCUT2D eigenvalue weighted by Gasteiger charge is -2.25. The van der Waals surface area contributed by atoms with Crippen LogP contribution in [0.5, 0.6) is 0 Å². The Morgan fingerprint density at radius 1 is 1.47 bits per heavy atom. The van der Waals surface area contributed by atoms with Crippen LogP contribution in [0.2, 0.25) is 0 Å². The third-order valence-electron chi connectivity index (χ3n) is 2.84. The van der Waals surface area contributed by atoms with Gasteiger partial charge < -0.3 is 5.32 Å². The number of carbonyl (C=O) groups excluding carboxylic acids is 1. The molecule has 0 aromatic heterocycles. The smallest absolute Gasteiger partial charge is 0.273 e. The molecule has 1 amide bonds. The number of carbonyl (C=O) groups is 1. The van der Waals surface area contributed by atoms with Crippen molar-refractivity contribution in [2.75, 3.05) is 5.88 Å². The van der Waals surface area contributed by atoms with Gasteiger partial charge in [0.25, 0.3) is 11.6 Å². The van der Waals surface area contributed by atoms with Gasteiger partial charge in [0, 0.05) is 28.6 Å². The van der Waals surface area contributed by atoms with E-state index in [-0.39, 0.29) is 17.2 Å². The number of nitro benzene ring substituents is 1. The summed E-state index contributed by atoms with van der Waals surface area (Å²) in [6.45, 7) is 5.35. The number of nitrogens with zero attached hydrogens (tertiary/aromatic N) is 1. The second-order valence-electron chi connectivity index (χ2n) is 5.04. The van der Waals surface area contributed by atoms with Crippen LogP contribution < -0.4 is 5.32 Å². The van der Waals surface area contributed by atoms with E-state index in [2.05, 4.69) is 5.32 Å². The van der Waals surface area contributed by atoms with Gasteiger partial charge in [-0.2, -0.15) is 0 Å². The molecule has 0 saturated heterocycles. The van der Waals surface area contributed by atoms with Crippen LogP contribution in [-0.4, -0.2) is 22.2 Å². The third-order valence-corrected chi connectivity index (χ3v) is 3.03. The van der Waals surface area contributed by atoms with Gasteiger partial charge in [0.15, 0.2) is 0 Å². The number of hydrogen-bond donors (Lipinski definition) is 1. The van der Waals surface area contributed by atoms with Crippen LogP contribution in [0, 0.1) is 17.0 Å². The van der Waals surface area contributed by atoms with Crippen molar-refractivity contribution in [3.05, 3.63) is 39.4 Å². The maximum atomic E-state index is 12.0. The monoisotopic (exact) mass is 284 g/mol. The average molecular weight is 285 g/mol. The average Bonchev–Trinajstić information content (AvgIpc) is 2.28. The first-order valence-electron chi connectivity index (χ1n) is 5.90. The minimum absolute atomic E-state index is 0.0530. The SMILES string of the molecule is Cc1ccc(C(=O)NC(C)(C)CCCl)cc1[N+](=O)[O-]. The minimum Gasteiger partial charge on any atom is -0.347 e. The van der Waals surface area contributed by atoms with E-state index in [9.17, 15) is 14.9 Å². The zero-order valence-electron chi connectivity index (χ0n) is 11.2. The zero-order chi connectivity index (χ0) is 14.6. The molecule has 0 aliphatic rings. The molecule has 6 heteroatoms. The summed E-state index contributed by atoms with van der Waals surface area (Å²) in [6, 6.07) is 4.44. The highest BCUT2D eigenvalue weighted by Crippen LogP contribution is 2.20. The number of aryl methyl sites for hydroxylation is 1. The van der Waals surface area contributed by atoms with Gasteiger partial charge >= 0.3 is 0 Å². The van der Waals surface area contributed by atoms with Gasteiger partial charge in [0.05, 0.1) is 4.92 Å². The van der Waals surface area contributed by atoms with E-state index in [4.69, 9.17) is 11.6 Å². The predicted octanol–water partition coefficient (Wildman–Crippen LogP) is 3.04. The van der Waals surface area contributed by atoms with Crippen LogP contribution in [0.15, 0.2) is 18.2 Å². The fraction of sp³-hybridized carbons (Fsp3) is 0.462. The first-order chi connectivity index (χ1) is 8.76. The standard InChI is InChI=1S/C13H17ClN2O3/c1-9-4-5-10(8-11(9)16(18)19)12(17)15-13(2,3)6-7-14/h4-5,8H,6-7H2,1-3H3,(H,15,17). The summed E-state index contributed by atoms with van der Waals surface area (Å²) in [5, 5.41) is 13.7. The number of hydrogen-bond acceptors (Lipinski definition) is 3. The lowest BCUT2D eigenvalue weighted by molar-refractivity contribution is -0.385. The van der Waals surface area contributed by atoms with Crippen LogP contribution in [-0.2, 0) is 0 Å². The summed E-state index contributed by atoms with van der Waals surface area (Å²) in [4.78, 5) is 22.4. The Labute approximate surface area is 117 Å². The Kier molecular flexibility index (Phi) is 4.89. The predicted molar refractivity (Wildman–Crippen MR) is 74.7 cm³/mol. The van der Waals surface area contributed by atoms with E-state index in [0.717, 1.165) is 0 Å². The molecule has 1 aromatic carbocycles. The molecule has 0 spiro atoms. The Morgan fingerprint density at radius 3 is 2.63 bits per heavy atom. The van der Waals surface area contributed by atoms with E-state index < -0.39 is 10.5 Å². The first kappa shape index (κ1) is 15.4. The molecule has 0 aliphatic carbocycles. The molecule has 19 heavy (non-hydrogen) atoms. The van der Waals surface area contributed by atoms with E-state index in [1.165, 1.54) is 6.07 Å². The molecule has 1 aromatic rings. The molecule has 0 aliphatic heterocycles. The van der Waals surface area contributed by atoms with Gasteiger partial charge in [-0.15, -0.1) is 11.6 Å². The Balaban J connectivity index is 2.95. The zero-order valence-corrected chi connectivity index (χ0v) is 12.0. The van der Waals surface area contributed by atoms with Crippen LogP contribution in [0.4, 0.5) is 5.69 Å². The van der Waals surface area contributed by atoms with Crippen molar-refractivity contribution in [3.8, 4) is 0 Å². The summed E-state index contributed by atoms with van der Waals surface area (Å²) < 4.78 is 0. The van der Waals surface area contributed by atoms with Gasteiger partial charge in [-0.05, 0) is 33.3 Å². The summed E-state index contributed by atoms with van der Waals surface area (Å²) >= 11 is 5.66. The Hall–Kier alpha value is -1.62. The highest BCUT2D eigenvalue weighted by molar-refractivity contribution is 6.17. The van der Waals surface area contributed by atoms with Gasteiger partial charge in [-0.25, -0.2) is 0 Å². The lowest BCUT2D eigenvalue weighted by atomic mass is 10.0. The molecule has 0 unspecified atom stereocenters. The second-order valence-corrected chi connectivity index (χ2v) is 5.41. The van der Waals surface area contributed by atoms with Crippen molar-refractivity contribution in [3.63, 3.8) is 0 Å². The number of alkyl halides is 1. The maximum Gasteiger partial charge on any atom is 0.273 e. The molecular weight excluding hydrogens is 268 g/mol. The van der Waals surface area contributed by atoms with Gasteiger partial charge in [0.2, 0.25) is 0 Å². The largest absolute Gasteiger partial charge is 0.347 e. The number of nitro groups is 1. The minimum atomic E-state index is -0.490. The van der Waals surface area contributed by atoms with Crippen LogP contribution in [0.25, 0.3) is 0 Å². The third kappa shape index (κ3) is 4.21. The summed E-state index contributed by atoms with van der Waals surface area (Å²) in [5.74, 6) is 0.0969. The first-order valence-corrected chi connectivity index (χ1v) is 6.44. The van der Waals surface area contributed by atoms with Crippen LogP contribution in [0.1, 0.15) is 36.2 Å². The molecule has 5 nitrogen and oxygen atoms in total. The number of rotatable bonds is 5. The Morgan fingerprint density at radius 2 is 2.11 bits per heavy atom. The van der Waals surface area contributed by atoms with Crippen molar-refractivity contribution in [2.45, 2.75) is 32.7 Å². The lowest BCUT2D eigenvalue weighted by Crippen LogP contribution is -2.43. The molecule has 0 radical (unpaired) electrons. The van der Waals surface area contributed by atoms with Gasteiger partial charge in [-0.3, -0.25) is 14.9 Å². The van der Waals surface area contributed by atoms with Crippen molar-refractivity contribution >= 4 is 23.2 Å². The maximum absolute atomic E-state index is 12.0. The number of amides is 1. The number of halogens is 1. The Bertz CT molecular complexity index is 501. The fourth-order valence-electron chi connectivity index (χ4n) is 1.63. The van der Waals surface area contributed by atoms with E-state index >= 15 is 0 Å². The molecule has 104 valence electrons. The summed E-state index contributed by atoms with van der Waals surface area (Å²) in [5.41, 5.74) is 0.308. The van der Waals surface area contributed by atoms with Crippen molar-refractivity contribution in [2.24, 2.45) is 0 Å². The second kappa shape index (κ2) is 6.02. The highest BCUT2D eigenvalue weighted by Gasteiger charge is 2.22. The van der Waals surface area contributed by atoms with E-state index in [1.54, 1.807) is 19.1 Å². The quantitative estimate of drug-likeness (QED) is 0.513. The van der Waals surface area contributed by atoms with Gasteiger partial charge in [0.1, 0.15) is 0 Å². The van der Waals surface area contributed by atoms with Crippen molar-refractivity contribution < 1.29 is 9.72 Å². The molecule has 0 heterocycles. The van der Waals surface area contributed by atoms with Crippen molar-refractivity contribution in [1.29, 1.82) is 0 Å². The molecule has 0 bridgehead atoms. The summed E-state index contributed by atoms with van der Waals surface area (Å²) in [7, 11) is 0. The molecule has 1 rings (SSSR count). The van der Waals surface area contributed by atoms with E-state index in [0.29, 0.717) is 17.9 Å². The topological polar surface area (TPSA) is 72.2 Å². The number of benzene rings is 1. The van der Waals surface area contributed by atoms with E-state index in [1.807, 2.05) is 13.8 Å². The van der Waals surface area contributed by atoms with Gasteiger partial charge in [-0.1, -0.05) is 6.07 Å². The fourth-order valence-corrected chi connectivity index (χ4v) is 2.10. The molecule has 0 fully saturated rings. The van der Waals surface area contributed by atoms with Crippen LogP contribution >= 0.6 is 11.6 Å². The molecule has 0 atom stereocenters. The van der Waals surface area contributed by atoms with Crippen LogP contribution in [0.3, 0.4) is 0 Å². The molecule has 0 saturated carbocycles. The highest BCUT2D eigenvalue weighted by atomic mass is 35.5. The normalized spacial score (nSPS) is 11.2. The summed E-state index contributed by atoms with van der Waals surface area (Å²) in [6.07, 6.45) is 0.619. The number of nitrogens with one attached hydrogen (secondary N) is 1. The molecule has 1 N–H and O–H groups in total.